The van der Waals surface area contributed by atoms with Gasteiger partial charge in [0.2, 0.25) is 11.8 Å². The van der Waals surface area contributed by atoms with E-state index < -0.39 is 0 Å². The first kappa shape index (κ1) is 22.8. The summed E-state index contributed by atoms with van der Waals surface area (Å²) in [5, 5.41) is 19.8. The minimum absolute atomic E-state index is 0.00386. The van der Waals surface area contributed by atoms with Crippen LogP contribution in [0.3, 0.4) is 0 Å². The maximum atomic E-state index is 11.5. The molecular weight excluding hydrogens is 316 g/mol. The second kappa shape index (κ2) is 18.1. The van der Waals surface area contributed by atoms with E-state index in [1.54, 1.807) is 0 Å². The molecule has 0 rings (SSSR count). The molecule has 8 nitrogen and oxygen atoms in total. The van der Waals surface area contributed by atoms with E-state index in [0.717, 1.165) is 38.5 Å². The van der Waals surface area contributed by atoms with Crippen LogP contribution in [0.25, 0.3) is 0 Å². The van der Waals surface area contributed by atoms with Gasteiger partial charge in [-0.2, -0.15) is 0 Å². The lowest BCUT2D eigenvalue weighted by Crippen LogP contribution is -2.27. The molecule has 0 aromatic carbocycles. The number of hydroxylamine groups is 1. The van der Waals surface area contributed by atoms with Crippen molar-refractivity contribution >= 4 is 11.8 Å². The Bertz CT molecular complexity index is 315. The Morgan fingerprint density at radius 2 is 1.33 bits per heavy atom. The fourth-order valence-electron chi connectivity index (χ4n) is 2.02. The molecule has 8 heteroatoms. The van der Waals surface area contributed by atoms with Gasteiger partial charge in [0.15, 0.2) is 0 Å². The summed E-state index contributed by atoms with van der Waals surface area (Å²) >= 11 is 0. The second-order valence-corrected chi connectivity index (χ2v) is 5.40. The highest BCUT2D eigenvalue weighted by atomic mass is 16.7. The van der Waals surface area contributed by atoms with Gasteiger partial charge in [0, 0.05) is 19.4 Å². The number of unbranched alkanes of at least 4 members (excludes halogenated alkanes) is 5. The van der Waals surface area contributed by atoms with Crippen LogP contribution in [0.2, 0.25) is 0 Å². The van der Waals surface area contributed by atoms with Crippen molar-refractivity contribution in [3.05, 3.63) is 0 Å². The minimum Gasteiger partial charge on any atom is -0.394 e. The number of nitrogens with one attached hydrogen (secondary N) is 2. The number of hydrogen-bond donors (Lipinski definition) is 4. The summed E-state index contributed by atoms with van der Waals surface area (Å²) in [5.41, 5.74) is 2.27. The molecule has 0 unspecified atom stereocenters. The van der Waals surface area contributed by atoms with Gasteiger partial charge in [-0.3, -0.25) is 14.4 Å². The Morgan fingerprint density at radius 3 is 1.96 bits per heavy atom. The zero-order chi connectivity index (χ0) is 17.9. The van der Waals surface area contributed by atoms with Gasteiger partial charge in [-0.15, -0.1) is 0 Å². The van der Waals surface area contributed by atoms with Gasteiger partial charge in [0.1, 0.15) is 0 Å². The zero-order valence-corrected chi connectivity index (χ0v) is 14.4. The maximum Gasteiger partial charge on any atom is 0.243 e. The molecular formula is C16H32N2O6. The second-order valence-electron chi connectivity index (χ2n) is 5.40. The molecule has 24 heavy (non-hydrogen) atoms. The summed E-state index contributed by atoms with van der Waals surface area (Å²) in [7, 11) is 0. The highest BCUT2D eigenvalue weighted by Gasteiger charge is 2.02. The number of aliphatic hydroxyl groups excluding tert-OH is 2. The largest absolute Gasteiger partial charge is 0.394 e. The van der Waals surface area contributed by atoms with Crippen LogP contribution in [-0.2, 0) is 19.2 Å². The van der Waals surface area contributed by atoms with Crippen molar-refractivity contribution in [1.82, 2.24) is 10.8 Å². The third-order valence-corrected chi connectivity index (χ3v) is 3.24. The lowest BCUT2D eigenvalue weighted by molar-refractivity contribution is -0.134. The predicted molar refractivity (Wildman–Crippen MR) is 89.0 cm³/mol. The number of carbonyl (C=O) groups excluding carboxylic acids is 2. The van der Waals surface area contributed by atoms with Crippen molar-refractivity contribution in [3.63, 3.8) is 0 Å². The van der Waals surface area contributed by atoms with E-state index in [0.29, 0.717) is 32.6 Å². The average molecular weight is 348 g/mol. The molecule has 0 atom stereocenters. The van der Waals surface area contributed by atoms with Gasteiger partial charge in [-0.25, -0.2) is 5.48 Å². The molecule has 0 aromatic heterocycles. The smallest absolute Gasteiger partial charge is 0.243 e. The van der Waals surface area contributed by atoms with Crippen molar-refractivity contribution in [2.75, 3.05) is 39.6 Å². The Labute approximate surface area is 143 Å². The number of hydrogen-bond acceptors (Lipinski definition) is 6. The van der Waals surface area contributed by atoms with E-state index >= 15 is 0 Å². The molecule has 0 saturated heterocycles. The van der Waals surface area contributed by atoms with Crippen LogP contribution in [-0.4, -0.2) is 61.6 Å². The fourth-order valence-corrected chi connectivity index (χ4v) is 2.02. The number of carbonyl (C=O) groups is 2. The Kier molecular flexibility index (Phi) is 17.2. The highest BCUT2D eigenvalue weighted by Crippen LogP contribution is 2.08. The van der Waals surface area contributed by atoms with Crippen LogP contribution >= 0.6 is 0 Å². The van der Waals surface area contributed by atoms with Crippen molar-refractivity contribution in [1.29, 1.82) is 0 Å². The minimum atomic E-state index is -0.164. The Hall–Kier alpha value is -1.22. The van der Waals surface area contributed by atoms with Crippen LogP contribution in [0.4, 0.5) is 0 Å². The van der Waals surface area contributed by atoms with Crippen molar-refractivity contribution in [2.45, 2.75) is 51.4 Å². The quantitative estimate of drug-likeness (QED) is 0.221. The van der Waals surface area contributed by atoms with Crippen molar-refractivity contribution in [3.8, 4) is 0 Å². The fraction of sp³-hybridized carbons (Fsp3) is 0.875. The highest BCUT2D eigenvalue weighted by molar-refractivity contribution is 5.75. The first-order valence-corrected chi connectivity index (χ1v) is 8.67. The van der Waals surface area contributed by atoms with Crippen molar-refractivity contribution in [2.24, 2.45) is 0 Å². The average Bonchev–Trinajstić information content (AvgIpc) is 2.57. The lowest BCUT2D eigenvalue weighted by Gasteiger charge is -2.06. The SMILES string of the molecule is O=C(CCCCCCCCC(=O)NOCCO)NCCOCCO. The van der Waals surface area contributed by atoms with Crippen LogP contribution in [0, 0.1) is 0 Å². The summed E-state index contributed by atoms with van der Waals surface area (Å²) in [4.78, 5) is 27.5. The molecule has 0 aliphatic carbocycles. The molecule has 0 aliphatic rings. The monoisotopic (exact) mass is 348 g/mol. The van der Waals surface area contributed by atoms with Gasteiger partial charge >= 0.3 is 0 Å². The summed E-state index contributed by atoms with van der Waals surface area (Å²) in [6, 6.07) is 0. The van der Waals surface area contributed by atoms with E-state index in [4.69, 9.17) is 19.8 Å². The number of rotatable bonds is 17. The normalized spacial score (nSPS) is 10.6. The summed E-state index contributed by atoms with van der Waals surface area (Å²) in [6.07, 6.45) is 6.68. The van der Waals surface area contributed by atoms with E-state index in [2.05, 4.69) is 10.8 Å². The van der Waals surface area contributed by atoms with Crippen LogP contribution < -0.4 is 10.8 Å². The van der Waals surface area contributed by atoms with E-state index in [1.165, 1.54) is 0 Å². The first-order chi connectivity index (χ1) is 11.7. The lowest BCUT2D eigenvalue weighted by atomic mass is 10.1. The number of amides is 2. The molecule has 0 aliphatic heterocycles. The molecule has 0 radical (unpaired) electrons. The van der Waals surface area contributed by atoms with E-state index in [9.17, 15) is 9.59 Å². The third kappa shape index (κ3) is 17.1. The molecule has 0 heterocycles. The molecule has 142 valence electrons. The topological polar surface area (TPSA) is 117 Å². The van der Waals surface area contributed by atoms with Gasteiger partial charge in [-0.1, -0.05) is 25.7 Å². The molecule has 0 spiro atoms. The molecule has 0 fully saturated rings. The van der Waals surface area contributed by atoms with Gasteiger partial charge in [-0.05, 0) is 12.8 Å². The predicted octanol–water partition coefficient (Wildman–Crippen LogP) is 0.272. The van der Waals surface area contributed by atoms with Crippen LogP contribution in [0.1, 0.15) is 51.4 Å². The first-order valence-electron chi connectivity index (χ1n) is 8.67. The van der Waals surface area contributed by atoms with Gasteiger partial charge in [0.25, 0.3) is 0 Å². The maximum absolute atomic E-state index is 11.5. The number of aliphatic hydroxyl groups is 2. The summed E-state index contributed by atoms with van der Waals surface area (Å²) in [5.74, 6) is -0.134. The Balaban J connectivity index is 3.24. The zero-order valence-electron chi connectivity index (χ0n) is 14.4. The molecule has 0 saturated carbocycles. The number of ether oxygens (including phenoxy) is 1. The van der Waals surface area contributed by atoms with Crippen LogP contribution in [0.5, 0.6) is 0 Å². The standard InChI is InChI=1S/C16H32N2O6/c19-10-13-23-12-9-17-15(21)7-5-3-1-2-4-6-8-16(22)18-24-14-11-20/h19-20H,1-14H2,(H,17,21)(H,18,22). The van der Waals surface area contributed by atoms with E-state index in [-0.39, 0.29) is 31.6 Å². The van der Waals surface area contributed by atoms with E-state index in [1.807, 2.05) is 0 Å². The van der Waals surface area contributed by atoms with Crippen LogP contribution in [0.15, 0.2) is 0 Å². The molecule has 4 N–H and O–H groups in total. The molecule has 0 bridgehead atoms. The summed E-state index contributed by atoms with van der Waals surface area (Å²) < 4.78 is 5.05. The van der Waals surface area contributed by atoms with Gasteiger partial charge < -0.3 is 20.3 Å². The van der Waals surface area contributed by atoms with Crippen molar-refractivity contribution < 1.29 is 29.4 Å². The third-order valence-electron chi connectivity index (χ3n) is 3.24. The Morgan fingerprint density at radius 1 is 0.750 bits per heavy atom. The molecule has 2 amide bonds. The van der Waals surface area contributed by atoms with Gasteiger partial charge in [0.05, 0.1) is 33.0 Å². The summed E-state index contributed by atoms with van der Waals surface area (Å²) in [6.45, 7) is 1.18. The molecule has 0 aromatic rings.